The zero-order valence-corrected chi connectivity index (χ0v) is 7.19. The third-order valence-electron chi connectivity index (χ3n) is 1.91. The molecule has 66 valence electrons. The van der Waals surface area contributed by atoms with Crippen LogP contribution in [0, 0.1) is 0 Å². The van der Waals surface area contributed by atoms with Crippen molar-refractivity contribution in [1.29, 1.82) is 0 Å². The summed E-state index contributed by atoms with van der Waals surface area (Å²) in [5.41, 5.74) is 0. The molecule has 0 amide bonds. The fourth-order valence-electron chi connectivity index (χ4n) is 1.38. The van der Waals surface area contributed by atoms with Crippen molar-refractivity contribution in [3.8, 4) is 0 Å². The number of hydrogen-bond acceptors (Lipinski definition) is 2. The maximum absolute atomic E-state index is 8.74. The van der Waals surface area contributed by atoms with Crippen LogP contribution in [0.5, 0.6) is 0 Å². The van der Waals surface area contributed by atoms with E-state index in [2.05, 4.69) is 0 Å². The maximum Gasteiger partial charge on any atom is 0.314 e. The van der Waals surface area contributed by atoms with Gasteiger partial charge >= 0.3 is 8.25 Å². The van der Waals surface area contributed by atoms with E-state index >= 15 is 0 Å². The molecule has 5 heteroatoms. The Bertz CT molecular complexity index is 136. The Morgan fingerprint density at radius 2 is 1.55 bits per heavy atom. The van der Waals surface area contributed by atoms with E-state index in [1.54, 1.807) is 0 Å². The minimum Gasteiger partial charge on any atom is -0.370 e. The Morgan fingerprint density at radius 3 is 1.82 bits per heavy atom. The van der Waals surface area contributed by atoms with Crippen molar-refractivity contribution < 1.29 is 19.1 Å². The summed E-state index contributed by atoms with van der Waals surface area (Å²) in [5, 5.41) is 0. The summed E-state index contributed by atoms with van der Waals surface area (Å²) in [6, 6.07) is 0. The number of ether oxygens (including phenoxy) is 1. The van der Waals surface area contributed by atoms with Crippen LogP contribution in [-0.4, -0.2) is 22.0 Å². The van der Waals surface area contributed by atoms with Crippen molar-refractivity contribution >= 4 is 8.25 Å². The summed E-state index contributed by atoms with van der Waals surface area (Å²) in [6.07, 6.45) is 6.89. The molecule has 0 bridgehead atoms. The molecule has 2 aliphatic rings. The smallest absolute Gasteiger partial charge is 0.314 e. The molecule has 2 atom stereocenters. The van der Waals surface area contributed by atoms with E-state index in [1.807, 2.05) is 0 Å². The Balaban J connectivity index is 0.000000134. The molecule has 0 aromatic rings. The molecule has 1 aliphatic carbocycles. The standard InChI is InChI=1S/C6H10O.H3O3P/c1-2-4-6-5(3-1)7-6;1-4(2)3/h5-6H,1-4H2;4H,(H2,1,2,3). The van der Waals surface area contributed by atoms with Gasteiger partial charge in [0.25, 0.3) is 0 Å². The van der Waals surface area contributed by atoms with Crippen LogP contribution in [0.2, 0.25) is 0 Å². The lowest BCUT2D eigenvalue weighted by atomic mass is 10.0. The van der Waals surface area contributed by atoms with E-state index in [4.69, 9.17) is 19.1 Å². The minimum absolute atomic E-state index is 0.703. The molecule has 1 aliphatic heterocycles. The molecular formula is C6H13O4P. The molecule has 0 spiro atoms. The Hall–Kier alpha value is 0.110. The van der Waals surface area contributed by atoms with Gasteiger partial charge in [-0.25, -0.2) is 0 Å². The van der Waals surface area contributed by atoms with Gasteiger partial charge in [-0.15, -0.1) is 0 Å². The van der Waals surface area contributed by atoms with Crippen LogP contribution in [0.1, 0.15) is 25.7 Å². The highest BCUT2D eigenvalue weighted by Gasteiger charge is 2.39. The minimum atomic E-state index is -3.13. The number of fused-ring (bicyclic) bond motifs is 1. The summed E-state index contributed by atoms with van der Waals surface area (Å²) in [4.78, 5) is 14.3. The lowest BCUT2D eigenvalue weighted by Crippen LogP contribution is -2.00. The fraction of sp³-hybridized carbons (Fsp3) is 1.00. The van der Waals surface area contributed by atoms with Gasteiger partial charge in [0.1, 0.15) is 0 Å². The quantitative estimate of drug-likeness (QED) is 0.425. The highest BCUT2D eigenvalue weighted by molar-refractivity contribution is 7.30. The normalized spacial score (nSPS) is 33.7. The second kappa shape index (κ2) is 4.21. The Kier molecular flexibility index (Phi) is 3.52. The number of hydrogen-bond donors (Lipinski definition) is 2. The molecule has 1 heterocycles. The van der Waals surface area contributed by atoms with Gasteiger partial charge in [-0.2, -0.15) is 0 Å². The van der Waals surface area contributed by atoms with Crippen LogP contribution < -0.4 is 0 Å². The predicted molar refractivity (Wildman–Crippen MR) is 40.6 cm³/mol. The summed E-state index contributed by atoms with van der Waals surface area (Å²) < 4.78 is 14.0. The van der Waals surface area contributed by atoms with Crippen molar-refractivity contribution in [1.82, 2.24) is 0 Å². The average Bonchev–Trinajstić information content (AvgIpc) is 2.62. The van der Waals surface area contributed by atoms with Gasteiger partial charge in [0.15, 0.2) is 0 Å². The van der Waals surface area contributed by atoms with Gasteiger partial charge in [-0.05, 0) is 12.8 Å². The molecule has 2 fully saturated rings. The van der Waals surface area contributed by atoms with Gasteiger partial charge in [-0.1, -0.05) is 12.8 Å². The summed E-state index contributed by atoms with van der Waals surface area (Å²) >= 11 is 0. The van der Waals surface area contributed by atoms with Crippen LogP contribution in [0.15, 0.2) is 0 Å². The van der Waals surface area contributed by atoms with Crippen molar-refractivity contribution in [2.24, 2.45) is 0 Å². The predicted octanol–water partition coefficient (Wildman–Crippen LogP) is 0.688. The zero-order valence-electron chi connectivity index (χ0n) is 6.19. The van der Waals surface area contributed by atoms with E-state index in [9.17, 15) is 0 Å². The summed E-state index contributed by atoms with van der Waals surface area (Å²) in [5.74, 6) is 0. The van der Waals surface area contributed by atoms with E-state index in [-0.39, 0.29) is 0 Å². The zero-order chi connectivity index (χ0) is 8.27. The lowest BCUT2D eigenvalue weighted by Gasteiger charge is -2.00. The molecule has 0 aromatic heterocycles. The first-order chi connectivity index (χ1) is 5.20. The van der Waals surface area contributed by atoms with Crippen molar-refractivity contribution in [2.45, 2.75) is 37.9 Å². The van der Waals surface area contributed by atoms with E-state index in [1.165, 1.54) is 25.7 Å². The SMILES string of the molecule is C1CCC2OC2C1.O=[PH](O)O. The van der Waals surface area contributed by atoms with Crippen molar-refractivity contribution in [3.05, 3.63) is 0 Å². The molecule has 11 heavy (non-hydrogen) atoms. The second-order valence-corrected chi connectivity index (χ2v) is 3.35. The third-order valence-corrected chi connectivity index (χ3v) is 1.91. The maximum atomic E-state index is 8.74. The van der Waals surface area contributed by atoms with Crippen molar-refractivity contribution in [2.75, 3.05) is 0 Å². The van der Waals surface area contributed by atoms with Crippen LogP contribution in [0.25, 0.3) is 0 Å². The molecular weight excluding hydrogens is 167 g/mol. The molecule has 2 unspecified atom stereocenters. The third kappa shape index (κ3) is 3.87. The van der Waals surface area contributed by atoms with Crippen LogP contribution >= 0.6 is 8.25 Å². The van der Waals surface area contributed by atoms with E-state index in [0.717, 1.165) is 0 Å². The summed E-state index contributed by atoms with van der Waals surface area (Å²) in [6.45, 7) is 0. The highest BCUT2D eigenvalue weighted by Crippen LogP contribution is 2.35. The fourth-order valence-corrected chi connectivity index (χ4v) is 1.38. The number of rotatable bonds is 0. The molecule has 2 N–H and O–H groups in total. The highest BCUT2D eigenvalue weighted by atomic mass is 31.1. The second-order valence-electron chi connectivity index (χ2n) is 2.78. The largest absolute Gasteiger partial charge is 0.370 e. The Labute approximate surface area is 66.1 Å². The van der Waals surface area contributed by atoms with Gasteiger partial charge in [0.2, 0.25) is 0 Å². The van der Waals surface area contributed by atoms with E-state index in [0.29, 0.717) is 12.2 Å². The first-order valence-corrected chi connectivity index (χ1v) is 5.08. The molecule has 2 rings (SSSR count). The average molecular weight is 180 g/mol. The summed E-state index contributed by atoms with van der Waals surface area (Å²) in [7, 11) is -3.13. The van der Waals surface area contributed by atoms with Crippen LogP contribution in [0.4, 0.5) is 0 Å². The topological polar surface area (TPSA) is 70.1 Å². The van der Waals surface area contributed by atoms with E-state index < -0.39 is 8.25 Å². The lowest BCUT2D eigenvalue weighted by molar-refractivity contribution is 0.373. The first kappa shape index (κ1) is 9.20. The number of epoxide rings is 1. The van der Waals surface area contributed by atoms with Gasteiger partial charge in [0.05, 0.1) is 12.2 Å². The molecule has 1 saturated heterocycles. The van der Waals surface area contributed by atoms with Crippen LogP contribution in [-0.2, 0) is 9.30 Å². The van der Waals surface area contributed by atoms with Gasteiger partial charge in [0, 0.05) is 0 Å². The van der Waals surface area contributed by atoms with Crippen molar-refractivity contribution in [3.63, 3.8) is 0 Å². The Morgan fingerprint density at radius 1 is 1.18 bits per heavy atom. The molecule has 0 aromatic carbocycles. The van der Waals surface area contributed by atoms with Gasteiger partial charge in [-0.3, -0.25) is 4.57 Å². The first-order valence-electron chi connectivity index (χ1n) is 3.77. The monoisotopic (exact) mass is 180 g/mol. The molecule has 1 saturated carbocycles. The van der Waals surface area contributed by atoms with Gasteiger partial charge < -0.3 is 14.5 Å². The molecule has 0 radical (unpaired) electrons. The van der Waals surface area contributed by atoms with Crippen LogP contribution in [0.3, 0.4) is 0 Å². The molecule has 4 nitrogen and oxygen atoms in total.